The fraction of sp³-hybridized carbons (Fsp3) is 0.333. The number of carboxylic acid groups (broad SMARTS) is 1. The van der Waals surface area contributed by atoms with Gasteiger partial charge in [0.05, 0.1) is 12.1 Å². The molecule has 0 aliphatic heterocycles. The van der Waals surface area contributed by atoms with Crippen molar-refractivity contribution in [2.24, 2.45) is 0 Å². The molecule has 0 radical (unpaired) electrons. The number of nitrogens with zero attached hydrogens (tertiary/aromatic N) is 2. The minimum Gasteiger partial charge on any atom is -0.481 e. The Kier molecular flexibility index (Phi) is 4.87. The highest BCUT2D eigenvalue weighted by Crippen LogP contribution is 2.24. The Labute approximate surface area is 122 Å². The summed E-state index contributed by atoms with van der Waals surface area (Å²) >= 11 is 1.62. The third-order valence-corrected chi connectivity index (χ3v) is 3.93. The second-order valence-corrected chi connectivity index (χ2v) is 5.75. The standard InChI is InChI=1S/C15H18N2O2S/c1-11-3-5-12(6-4-11)15-16-13(10-20-15)9-17(2)8-7-14(18)19/h3-6,10H,7-9H2,1-2H3,(H,18,19). The van der Waals surface area contributed by atoms with Gasteiger partial charge in [0, 0.05) is 24.0 Å². The molecule has 1 heterocycles. The summed E-state index contributed by atoms with van der Waals surface area (Å²) in [5.41, 5.74) is 3.34. The normalized spacial score (nSPS) is 10.9. The molecule has 0 amide bonds. The van der Waals surface area contributed by atoms with E-state index in [1.54, 1.807) is 11.3 Å². The SMILES string of the molecule is Cc1ccc(-c2nc(CN(C)CCC(=O)O)cs2)cc1. The number of thiazole rings is 1. The number of hydrogen-bond acceptors (Lipinski definition) is 4. The predicted molar refractivity (Wildman–Crippen MR) is 80.9 cm³/mol. The molecule has 1 N–H and O–H groups in total. The lowest BCUT2D eigenvalue weighted by molar-refractivity contribution is -0.137. The predicted octanol–water partition coefficient (Wildman–Crippen LogP) is 3.03. The molecule has 106 valence electrons. The van der Waals surface area contributed by atoms with Crippen molar-refractivity contribution in [1.29, 1.82) is 0 Å². The summed E-state index contributed by atoms with van der Waals surface area (Å²) in [4.78, 5) is 17.1. The highest BCUT2D eigenvalue weighted by molar-refractivity contribution is 7.13. The van der Waals surface area contributed by atoms with Crippen LogP contribution >= 0.6 is 11.3 Å². The summed E-state index contributed by atoms with van der Waals surface area (Å²) in [6, 6.07) is 8.31. The highest BCUT2D eigenvalue weighted by Gasteiger charge is 2.08. The van der Waals surface area contributed by atoms with Gasteiger partial charge >= 0.3 is 5.97 Å². The largest absolute Gasteiger partial charge is 0.481 e. The quantitative estimate of drug-likeness (QED) is 0.888. The number of aryl methyl sites for hydroxylation is 1. The highest BCUT2D eigenvalue weighted by atomic mass is 32.1. The van der Waals surface area contributed by atoms with E-state index in [4.69, 9.17) is 5.11 Å². The molecular weight excluding hydrogens is 272 g/mol. The molecule has 2 aromatic rings. The minimum absolute atomic E-state index is 0.158. The summed E-state index contributed by atoms with van der Waals surface area (Å²) < 4.78 is 0. The van der Waals surface area contributed by atoms with Crippen molar-refractivity contribution in [1.82, 2.24) is 9.88 Å². The Morgan fingerprint density at radius 3 is 2.70 bits per heavy atom. The number of carbonyl (C=O) groups is 1. The second kappa shape index (κ2) is 6.63. The first-order valence-electron chi connectivity index (χ1n) is 6.46. The van der Waals surface area contributed by atoms with Crippen LogP contribution in [0.2, 0.25) is 0 Å². The molecule has 2 rings (SSSR count). The van der Waals surface area contributed by atoms with Gasteiger partial charge in [-0.15, -0.1) is 11.3 Å². The topological polar surface area (TPSA) is 53.4 Å². The van der Waals surface area contributed by atoms with E-state index >= 15 is 0 Å². The third kappa shape index (κ3) is 4.15. The van der Waals surface area contributed by atoms with Gasteiger partial charge in [0.2, 0.25) is 0 Å². The van der Waals surface area contributed by atoms with E-state index in [9.17, 15) is 4.79 Å². The fourth-order valence-corrected chi connectivity index (χ4v) is 2.67. The molecule has 0 aliphatic rings. The average molecular weight is 290 g/mol. The monoisotopic (exact) mass is 290 g/mol. The van der Waals surface area contributed by atoms with Crippen LogP contribution in [0.3, 0.4) is 0 Å². The van der Waals surface area contributed by atoms with Crippen molar-refractivity contribution in [2.75, 3.05) is 13.6 Å². The smallest absolute Gasteiger partial charge is 0.304 e. The van der Waals surface area contributed by atoms with E-state index in [1.165, 1.54) is 5.56 Å². The lowest BCUT2D eigenvalue weighted by atomic mass is 10.2. The minimum atomic E-state index is -0.768. The molecule has 0 saturated carbocycles. The summed E-state index contributed by atoms with van der Waals surface area (Å²) in [5, 5.41) is 11.7. The van der Waals surface area contributed by atoms with Crippen molar-refractivity contribution >= 4 is 17.3 Å². The maximum Gasteiger partial charge on any atom is 0.304 e. The van der Waals surface area contributed by atoms with E-state index in [0.29, 0.717) is 13.1 Å². The number of aromatic nitrogens is 1. The average Bonchev–Trinajstić information content (AvgIpc) is 2.85. The lowest BCUT2D eigenvalue weighted by Crippen LogP contribution is -2.21. The van der Waals surface area contributed by atoms with Crippen molar-refractivity contribution in [3.8, 4) is 10.6 Å². The summed E-state index contributed by atoms with van der Waals surface area (Å²) in [6.07, 6.45) is 0.158. The van der Waals surface area contributed by atoms with Crippen LogP contribution in [0.15, 0.2) is 29.6 Å². The van der Waals surface area contributed by atoms with Gasteiger partial charge in [-0.1, -0.05) is 29.8 Å². The number of carboxylic acids is 1. The second-order valence-electron chi connectivity index (χ2n) is 4.89. The van der Waals surface area contributed by atoms with Gasteiger partial charge in [-0.05, 0) is 14.0 Å². The van der Waals surface area contributed by atoms with Crippen molar-refractivity contribution in [3.63, 3.8) is 0 Å². The van der Waals surface area contributed by atoms with Gasteiger partial charge in [-0.2, -0.15) is 0 Å². The van der Waals surface area contributed by atoms with E-state index < -0.39 is 5.97 Å². The van der Waals surface area contributed by atoms with Crippen LogP contribution in [0.1, 0.15) is 17.7 Å². The maximum absolute atomic E-state index is 10.5. The lowest BCUT2D eigenvalue weighted by Gasteiger charge is -2.13. The van der Waals surface area contributed by atoms with Gasteiger partial charge in [0.1, 0.15) is 5.01 Å². The van der Waals surface area contributed by atoms with Crippen LogP contribution in [0.4, 0.5) is 0 Å². The van der Waals surface area contributed by atoms with E-state index in [2.05, 4.69) is 36.2 Å². The molecular formula is C15H18N2O2S. The summed E-state index contributed by atoms with van der Waals surface area (Å²) in [7, 11) is 1.91. The summed E-state index contributed by atoms with van der Waals surface area (Å²) in [6.45, 7) is 3.27. The van der Waals surface area contributed by atoms with Crippen LogP contribution < -0.4 is 0 Å². The molecule has 5 heteroatoms. The molecule has 0 atom stereocenters. The molecule has 20 heavy (non-hydrogen) atoms. The van der Waals surface area contributed by atoms with E-state index in [1.807, 2.05) is 17.3 Å². The van der Waals surface area contributed by atoms with Gasteiger partial charge in [0.25, 0.3) is 0 Å². The van der Waals surface area contributed by atoms with Crippen LogP contribution in [0.25, 0.3) is 10.6 Å². The zero-order valence-electron chi connectivity index (χ0n) is 11.7. The first-order chi connectivity index (χ1) is 9.54. The zero-order valence-corrected chi connectivity index (χ0v) is 12.5. The third-order valence-electron chi connectivity index (χ3n) is 2.99. The van der Waals surface area contributed by atoms with E-state index in [-0.39, 0.29) is 6.42 Å². The van der Waals surface area contributed by atoms with Crippen LogP contribution in [-0.2, 0) is 11.3 Å². The molecule has 0 fully saturated rings. The molecule has 0 spiro atoms. The van der Waals surface area contributed by atoms with Crippen LogP contribution in [0, 0.1) is 6.92 Å². The Hall–Kier alpha value is -1.72. The fourth-order valence-electron chi connectivity index (χ4n) is 1.85. The Morgan fingerprint density at radius 2 is 2.05 bits per heavy atom. The molecule has 0 bridgehead atoms. The maximum atomic E-state index is 10.5. The number of benzene rings is 1. The Bertz CT molecular complexity index is 578. The van der Waals surface area contributed by atoms with Crippen molar-refractivity contribution in [2.45, 2.75) is 19.9 Å². The Balaban J connectivity index is 1.98. The van der Waals surface area contributed by atoms with Crippen molar-refractivity contribution < 1.29 is 9.90 Å². The van der Waals surface area contributed by atoms with E-state index in [0.717, 1.165) is 16.3 Å². The first-order valence-corrected chi connectivity index (χ1v) is 7.34. The summed E-state index contributed by atoms with van der Waals surface area (Å²) in [5.74, 6) is -0.768. The van der Waals surface area contributed by atoms with Gasteiger partial charge in [0.15, 0.2) is 0 Å². The van der Waals surface area contributed by atoms with Crippen LogP contribution in [-0.4, -0.2) is 34.6 Å². The van der Waals surface area contributed by atoms with Gasteiger partial charge in [-0.25, -0.2) is 4.98 Å². The first kappa shape index (κ1) is 14.7. The molecule has 0 saturated heterocycles. The number of aliphatic carboxylic acids is 1. The number of rotatable bonds is 6. The molecule has 1 aromatic heterocycles. The molecule has 4 nitrogen and oxygen atoms in total. The Morgan fingerprint density at radius 1 is 1.35 bits per heavy atom. The van der Waals surface area contributed by atoms with Crippen molar-refractivity contribution in [3.05, 3.63) is 40.9 Å². The molecule has 0 unspecified atom stereocenters. The molecule has 1 aromatic carbocycles. The van der Waals surface area contributed by atoms with Gasteiger partial charge in [-0.3, -0.25) is 9.69 Å². The molecule has 0 aliphatic carbocycles. The van der Waals surface area contributed by atoms with Crippen LogP contribution in [0.5, 0.6) is 0 Å². The zero-order chi connectivity index (χ0) is 14.5. The number of hydrogen-bond donors (Lipinski definition) is 1. The van der Waals surface area contributed by atoms with Gasteiger partial charge < -0.3 is 5.11 Å².